The first kappa shape index (κ1) is 14.3. The normalized spacial score (nSPS) is 18.4. The van der Waals surface area contributed by atoms with E-state index in [1.165, 1.54) is 19.3 Å². The lowest BCUT2D eigenvalue weighted by molar-refractivity contribution is -0.134. The summed E-state index contributed by atoms with van der Waals surface area (Å²) in [4.78, 5) is 16.7. The van der Waals surface area contributed by atoms with E-state index in [0.29, 0.717) is 18.9 Å². The van der Waals surface area contributed by atoms with Crippen LogP contribution in [0.25, 0.3) is 0 Å². The maximum atomic E-state index is 12.5. The maximum Gasteiger partial charge on any atom is 0.169 e. The van der Waals surface area contributed by atoms with E-state index in [1.807, 2.05) is 24.7 Å². The molecule has 1 fully saturated rings. The van der Waals surface area contributed by atoms with Crippen LogP contribution < -0.4 is 0 Å². The van der Waals surface area contributed by atoms with Gasteiger partial charge in [0.2, 0.25) is 0 Å². The van der Waals surface area contributed by atoms with Gasteiger partial charge in [-0.1, -0.05) is 19.3 Å². The second kappa shape index (κ2) is 6.85. The molecule has 1 aliphatic carbocycles. The monoisotopic (exact) mass is 264 g/mol. The molecular formula is C15H24N2O2. The minimum atomic E-state index is -0.234. The Balaban J connectivity index is 2.01. The maximum absolute atomic E-state index is 12.5. The minimum Gasteiger partial charge on any atom is -0.370 e. The van der Waals surface area contributed by atoms with Gasteiger partial charge in [-0.3, -0.25) is 4.79 Å². The predicted molar refractivity (Wildman–Crippen MR) is 73.9 cm³/mol. The zero-order valence-corrected chi connectivity index (χ0v) is 12.0. The number of hydrogen-bond donors (Lipinski definition) is 0. The molecule has 0 aromatic carbocycles. The van der Waals surface area contributed by atoms with E-state index in [0.717, 1.165) is 18.7 Å². The van der Waals surface area contributed by atoms with Crippen LogP contribution >= 0.6 is 0 Å². The summed E-state index contributed by atoms with van der Waals surface area (Å²) in [5.41, 5.74) is 0. The number of hydrogen-bond acceptors (Lipinski definition) is 3. The lowest BCUT2D eigenvalue weighted by Gasteiger charge is -2.29. The highest BCUT2D eigenvalue weighted by molar-refractivity contribution is 5.85. The molecule has 1 unspecified atom stereocenters. The molecule has 0 N–H and O–H groups in total. The van der Waals surface area contributed by atoms with Crippen LogP contribution in [0, 0.1) is 5.92 Å². The fourth-order valence-electron chi connectivity index (χ4n) is 2.93. The van der Waals surface area contributed by atoms with Crippen molar-refractivity contribution in [3.8, 4) is 0 Å². The molecule has 4 nitrogen and oxygen atoms in total. The third-order valence-electron chi connectivity index (χ3n) is 3.99. The van der Waals surface area contributed by atoms with Gasteiger partial charge in [-0.25, -0.2) is 4.98 Å². The summed E-state index contributed by atoms with van der Waals surface area (Å²) in [5, 5.41) is 0. The SMILES string of the molecule is CCOC(C(=O)Cc1nccn1C)C1CCCCC1. The highest BCUT2D eigenvalue weighted by atomic mass is 16.5. The Bertz CT molecular complexity index is 408. The molecule has 1 aromatic heterocycles. The molecule has 1 saturated carbocycles. The van der Waals surface area contributed by atoms with Gasteiger partial charge in [0, 0.05) is 26.0 Å². The highest BCUT2D eigenvalue weighted by Crippen LogP contribution is 2.29. The number of Topliss-reactive ketones (excluding diaryl/α,β-unsaturated/α-hetero) is 1. The summed E-state index contributed by atoms with van der Waals surface area (Å²) < 4.78 is 7.65. The Morgan fingerprint density at radius 3 is 2.79 bits per heavy atom. The Hall–Kier alpha value is -1.16. The molecule has 1 atom stereocenters. The van der Waals surface area contributed by atoms with Crippen LogP contribution in [0.15, 0.2) is 12.4 Å². The van der Waals surface area contributed by atoms with Crippen molar-refractivity contribution in [3.05, 3.63) is 18.2 Å². The van der Waals surface area contributed by atoms with Crippen LogP contribution in [0.5, 0.6) is 0 Å². The molecule has 19 heavy (non-hydrogen) atoms. The van der Waals surface area contributed by atoms with Crippen LogP contribution in [0.3, 0.4) is 0 Å². The average molecular weight is 264 g/mol. The second-order valence-corrected chi connectivity index (χ2v) is 5.37. The van der Waals surface area contributed by atoms with Gasteiger partial charge in [0.25, 0.3) is 0 Å². The third kappa shape index (κ3) is 3.66. The largest absolute Gasteiger partial charge is 0.370 e. The van der Waals surface area contributed by atoms with Crippen molar-refractivity contribution < 1.29 is 9.53 Å². The topological polar surface area (TPSA) is 44.1 Å². The first-order valence-corrected chi connectivity index (χ1v) is 7.33. The van der Waals surface area contributed by atoms with E-state index < -0.39 is 0 Å². The number of ketones is 1. The summed E-state index contributed by atoms with van der Waals surface area (Å²) in [6, 6.07) is 0. The van der Waals surface area contributed by atoms with Crippen LogP contribution in [0.2, 0.25) is 0 Å². The second-order valence-electron chi connectivity index (χ2n) is 5.37. The van der Waals surface area contributed by atoms with Crippen molar-refractivity contribution in [1.82, 2.24) is 9.55 Å². The van der Waals surface area contributed by atoms with Gasteiger partial charge >= 0.3 is 0 Å². The summed E-state index contributed by atoms with van der Waals surface area (Å²) >= 11 is 0. The number of aryl methyl sites for hydroxylation is 1. The van der Waals surface area contributed by atoms with Crippen molar-refractivity contribution in [2.45, 2.75) is 51.6 Å². The van der Waals surface area contributed by atoms with E-state index in [-0.39, 0.29) is 11.9 Å². The van der Waals surface area contributed by atoms with Crippen molar-refractivity contribution >= 4 is 5.78 Å². The smallest absolute Gasteiger partial charge is 0.169 e. The Morgan fingerprint density at radius 1 is 1.47 bits per heavy atom. The van der Waals surface area contributed by atoms with E-state index in [9.17, 15) is 4.79 Å². The fraction of sp³-hybridized carbons (Fsp3) is 0.733. The van der Waals surface area contributed by atoms with Crippen molar-refractivity contribution in [2.75, 3.05) is 6.61 Å². The van der Waals surface area contributed by atoms with Gasteiger partial charge in [-0.15, -0.1) is 0 Å². The van der Waals surface area contributed by atoms with Crippen LogP contribution in [-0.4, -0.2) is 28.0 Å². The molecule has 1 heterocycles. The zero-order valence-electron chi connectivity index (χ0n) is 12.0. The van der Waals surface area contributed by atoms with E-state index in [4.69, 9.17) is 4.74 Å². The average Bonchev–Trinajstić information content (AvgIpc) is 2.82. The van der Waals surface area contributed by atoms with Gasteiger partial charge in [-0.05, 0) is 25.7 Å². The predicted octanol–water partition coefficient (Wildman–Crippen LogP) is 2.52. The molecule has 1 aliphatic rings. The Labute approximate surface area is 115 Å². The third-order valence-corrected chi connectivity index (χ3v) is 3.99. The van der Waals surface area contributed by atoms with Crippen LogP contribution in [0.4, 0.5) is 0 Å². The number of rotatable bonds is 6. The number of carbonyl (C=O) groups excluding carboxylic acids is 1. The lowest BCUT2D eigenvalue weighted by Crippen LogP contribution is -2.35. The molecule has 0 radical (unpaired) electrons. The number of ether oxygens (including phenoxy) is 1. The molecular weight excluding hydrogens is 240 g/mol. The van der Waals surface area contributed by atoms with Crippen molar-refractivity contribution in [3.63, 3.8) is 0 Å². The molecule has 0 amide bonds. The summed E-state index contributed by atoms with van der Waals surface area (Å²) in [6.07, 6.45) is 9.75. The fourth-order valence-corrected chi connectivity index (χ4v) is 2.93. The molecule has 0 saturated heterocycles. The van der Waals surface area contributed by atoms with Gasteiger partial charge in [0.15, 0.2) is 5.78 Å². The molecule has 0 bridgehead atoms. The number of imidazole rings is 1. The molecule has 0 aliphatic heterocycles. The van der Waals surface area contributed by atoms with Gasteiger partial charge in [0.1, 0.15) is 11.9 Å². The molecule has 0 spiro atoms. The molecule has 2 rings (SSSR count). The van der Waals surface area contributed by atoms with Crippen molar-refractivity contribution in [1.29, 1.82) is 0 Å². The summed E-state index contributed by atoms with van der Waals surface area (Å²) in [6.45, 7) is 2.57. The number of aromatic nitrogens is 2. The quantitative estimate of drug-likeness (QED) is 0.793. The van der Waals surface area contributed by atoms with Gasteiger partial charge in [-0.2, -0.15) is 0 Å². The Morgan fingerprint density at radius 2 is 2.21 bits per heavy atom. The van der Waals surface area contributed by atoms with Crippen LogP contribution in [-0.2, 0) is 23.0 Å². The summed E-state index contributed by atoms with van der Waals surface area (Å²) in [7, 11) is 1.92. The van der Waals surface area contributed by atoms with E-state index in [2.05, 4.69) is 4.98 Å². The van der Waals surface area contributed by atoms with E-state index in [1.54, 1.807) is 6.20 Å². The standard InChI is InChI=1S/C15H24N2O2/c1-3-19-15(12-7-5-4-6-8-12)13(18)11-14-16-9-10-17(14)2/h9-10,12,15H,3-8,11H2,1-2H3. The van der Waals surface area contributed by atoms with Crippen LogP contribution in [0.1, 0.15) is 44.9 Å². The lowest BCUT2D eigenvalue weighted by atomic mass is 9.83. The Kier molecular flexibility index (Phi) is 5.14. The first-order valence-electron chi connectivity index (χ1n) is 7.33. The zero-order chi connectivity index (χ0) is 13.7. The minimum absolute atomic E-state index is 0.183. The molecule has 106 valence electrons. The molecule has 1 aromatic rings. The highest BCUT2D eigenvalue weighted by Gasteiger charge is 2.30. The van der Waals surface area contributed by atoms with Gasteiger partial charge in [0.05, 0.1) is 6.42 Å². The van der Waals surface area contributed by atoms with Gasteiger partial charge < -0.3 is 9.30 Å². The number of carbonyl (C=O) groups is 1. The first-order chi connectivity index (χ1) is 9.22. The van der Waals surface area contributed by atoms with E-state index >= 15 is 0 Å². The number of nitrogens with zero attached hydrogens (tertiary/aromatic N) is 2. The van der Waals surface area contributed by atoms with Crippen molar-refractivity contribution in [2.24, 2.45) is 13.0 Å². The summed E-state index contributed by atoms with van der Waals surface area (Å²) in [5.74, 6) is 1.41. The molecule has 4 heteroatoms.